The van der Waals surface area contributed by atoms with Crippen LogP contribution in [-0.2, 0) is 12.8 Å². The first-order valence-electron chi connectivity index (χ1n) is 11.0. The summed E-state index contributed by atoms with van der Waals surface area (Å²) in [6.45, 7) is 4.86. The third kappa shape index (κ3) is 6.48. The summed E-state index contributed by atoms with van der Waals surface area (Å²) in [6.07, 6.45) is 7.10. The first-order chi connectivity index (χ1) is 14.1. The summed E-state index contributed by atoms with van der Waals surface area (Å²) in [5.41, 5.74) is 9.18. The van der Waals surface area contributed by atoms with Crippen LogP contribution in [0.4, 0.5) is 0 Å². The molecular weight excluding hydrogens is 360 g/mol. The van der Waals surface area contributed by atoms with Crippen molar-refractivity contribution in [3.63, 3.8) is 0 Å². The first kappa shape index (κ1) is 21.7. The highest BCUT2D eigenvalue weighted by atomic mass is 16.5. The Morgan fingerprint density at radius 3 is 1.72 bits per heavy atom. The van der Waals surface area contributed by atoms with E-state index in [4.69, 9.17) is 15.2 Å². The van der Waals surface area contributed by atoms with Crippen LogP contribution in [0.5, 0.6) is 11.5 Å². The SMILES string of the molecule is COc1ccc(CCC[N+]2(CCCc3ccc(OC)cc3)CCC[C@H](N)C2)cc1. The highest BCUT2D eigenvalue weighted by Gasteiger charge is 2.32. The molecule has 0 aromatic heterocycles. The molecule has 2 N–H and O–H groups in total. The lowest BCUT2D eigenvalue weighted by molar-refractivity contribution is -0.933. The number of nitrogens with two attached hydrogens (primary N) is 1. The van der Waals surface area contributed by atoms with Gasteiger partial charge < -0.3 is 19.7 Å². The molecule has 4 heteroatoms. The van der Waals surface area contributed by atoms with Crippen molar-refractivity contribution in [2.45, 2.75) is 44.6 Å². The molecule has 0 amide bonds. The first-order valence-corrected chi connectivity index (χ1v) is 11.0. The molecule has 1 aliphatic rings. The smallest absolute Gasteiger partial charge is 0.118 e. The Morgan fingerprint density at radius 1 is 0.828 bits per heavy atom. The fourth-order valence-electron chi connectivity index (χ4n) is 4.71. The van der Waals surface area contributed by atoms with E-state index in [-0.39, 0.29) is 0 Å². The highest BCUT2D eigenvalue weighted by molar-refractivity contribution is 5.27. The van der Waals surface area contributed by atoms with Gasteiger partial charge in [0, 0.05) is 12.8 Å². The van der Waals surface area contributed by atoms with Crippen LogP contribution in [0.1, 0.15) is 36.8 Å². The number of likely N-dealkylation sites (tertiary alicyclic amines) is 1. The molecule has 29 heavy (non-hydrogen) atoms. The molecule has 0 bridgehead atoms. The van der Waals surface area contributed by atoms with Gasteiger partial charge in [-0.25, -0.2) is 0 Å². The van der Waals surface area contributed by atoms with Gasteiger partial charge in [-0.1, -0.05) is 24.3 Å². The standard InChI is InChI=1S/C25H37N2O2/c1-28-24-13-9-21(10-14-24)6-3-17-27(19-5-8-23(26)20-27)18-4-7-22-11-15-25(29-2)16-12-22/h9-16,23H,3-8,17-20,26H2,1-2H3/q+1/t23-/m0/s1. The number of methoxy groups -OCH3 is 2. The van der Waals surface area contributed by atoms with E-state index in [2.05, 4.69) is 48.5 Å². The van der Waals surface area contributed by atoms with Gasteiger partial charge in [0.25, 0.3) is 0 Å². The number of aryl methyl sites for hydroxylation is 2. The average molecular weight is 398 g/mol. The van der Waals surface area contributed by atoms with E-state index in [0.29, 0.717) is 6.04 Å². The second-order valence-corrected chi connectivity index (χ2v) is 8.50. The summed E-state index contributed by atoms with van der Waals surface area (Å²) >= 11 is 0. The zero-order valence-corrected chi connectivity index (χ0v) is 18.1. The van der Waals surface area contributed by atoms with Crippen molar-refractivity contribution >= 4 is 0 Å². The molecule has 1 atom stereocenters. The Morgan fingerprint density at radius 2 is 1.31 bits per heavy atom. The normalized spacial score (nSPS) is 18.4. The Bertz CT molecular complexity index is 674. The van der Waals surface area contributed by atoms with Crippen molar-refractivity contribution < 1.29 is 14.0 Å². The molecule has 2 aromatic rings. The van der Waals surface area contributed by atoms with Gasteiger partial charge in [0.1, 0.15) is 11.5 Å². The number of nitrogens with zero attached hydrogens (tertiary/aromatic N) is 1. The van der Waals surface area contributed by atoms with Crippen LogP contribution in [0.3, 0.4) is 0 Å². The zero-order valence-electron chi connectivity index (χ0n) is 18.1. The van der Waals surface area contributed by atoms with Crippen LogP contribution in [0.25, 0.3) is 0 Å². The number of rotatable bonds is 10. The maximum atomic E-state index is 6.40. The number of hydrogen-bond donors (Lipinski definition) is 1. The molecule has 0 radical (unpaired) electrons. The molecule has 0 unspecified atom stereocenters. The quantitative estimate of drug-likeness (QED) is 0.611. The summed E-state index contributed by atoms with van der Waals surface area (Å²) in [5, 5.41) is 0. The molecule has 0 spiro atoms. The van der Waals surface area contributed by atoms with Crippen LogP contribution < -0.4 is 15.2 Å². The van der Waals surface area contributed by atoms with Gasteiger partial charge in [-0.3, -0.25) is 0 Å². The van der Waals surface area contributed by atoms with Crippen LogP contribution in [0.15, 0.2) is 48.5 Å². The zero-order chi connectivity index (χ0) is 20.5. The Hall–Kier alpha value is -2.04. The predicted octanol–water partition coefficient (Wildman–Crippen LogP) is 4.21. The largest absolute Gasteiger partial charge is 0.497 e. The van der Waals surface area contributed by atoms with Gasteiger partial charge in [-0.2, -0.15) is 0 Å². The van der Waals surface area contributed by atoms with E-state index in [1.54, 1.807) is 14.2 Å². The lowest BCUT2D eigenvalue weighted by Crippen LogP contribution is -2.58. The van der Waals surface area contributed by atoms with E-state index in [0.717, 1.165) is 30.9 Å². The molecule has 2 aromatic carbocycles. The molecule has 1 aliphatic heterocycles. The maximum absolute atomic E-state index is 6.40. The van der Waals surface area contributed by atoms with Crippen molar-refractivity contribution in [3.8, 4) is 11.5 Å². The molecule has 3 rings (SSSR count). The van der Waals surface area contributed by atoms with E-state index in [1.165, 1.54) is 60.9 Å². The molecule has 0 saturated carbocycles. The molecule has 1 saturated heterocycles. The topological polar surface area (TPSA) is 44.5 Å². The molecule has 1 fully saturated rings. The van der Waals surface area contributed by atoms with Crippen molar-refractivity contribution in [3.05, 3.63) is 59.7 Å². The summed E-state index contributed by atoms with van der Waals surface area (Å²) < 4.78 is 11.7. The molecular formula is C25H37N2O2+. The number of hydrogen-bond acceptors (Lipinski definition) is 3. The minimum Gasteiger partial charge on any atom is -0.497 e. The van der Waals surface area contributed by atoms with Crippen molar-refractivity contribution in [2.24, 2.45) is 5.73 Å². The second kappa shape index (κ2) is 10.7. The number of piperidine rings is 1. The van der Waals surface area contributed by atoms with Crippen LogP contribution in [-0.4, -0.2) is 50.9 Å². The maximum Gasteiger partial charge on any atom is 0.118 e. The monoisotopic (exact) mass is 397 g/mol. The van der Waals surface area contributed by atoms with E-state index in [1.807, 2.05) is 0 Å². The van der Waals surface area contributed by atoms with Crippen molar-refractivity contribution in [1.29, 1.82) is 0 Å². The average Bonchev–Trinajstić information content (AvgIpc) is 2.75. The lowest BCUT2D eigenvalue weighted by Gasteiger charge is -2.44. The van der Waals surface area contributed by atoms with Crippen LogP contribution in [0.2, 0.25) is 0 Å². The van der Waals surface area contributed by atoms with Crippen LogP contribution in [0, 0.1) is 0 Å². The van der Waals surface area contributed by atoms with Crippen molar-refractivity contribution in [2.75, 3.05) is 40.4 Å². The molecule has 158 valence electrons. The predicted molar refractivity (Wildman–Crippen MR) is 120 cm³/mol. The van der Waals surface area contributed by atoms with E-state index >= 15 is 0 Å². The Labute approximate surface area is 176 Å². The van der Waals surface area contributed by atoms with Gasteiger partial charge in [0.15, 0.2) is 0 Å². The summed E-state index contributed by atoms with van der Waals surface area (Å²) in [4.78, 5) is 0. The Balaban J connectivity index is 1.53. The summed E-state index contributed by atoms with van der Waals surface area (Å²) in [6, 6.07) is 17.4. The lowest BCUT2D eigenvalue weighted by atomic mass is 10.00. The van der Waals surface area contributed by atoms with Gasteiger partial charge in [-0.15, -0.1) is 0 Å². The molecule has 4 nitrogen and oxygen atoms in total. The highest BCUT2D eigenvalue weighted by Crippen LogP contribution is 2.22. The fraction of sp³-hybridized carbons (Fsp3) is 0.520. The van der Waals surface area contributed by atoms with Gasteiger partial charge in [0.2, 0.25) is 0 Å². The van der Waals surface area contributed by atoms with E-state index in [9.17, 15) is 0 Å². The van der Waals surface area contributed by atoms with Gasteiger partial charge >= 0.3 is 0 Å². The van der Waals surface area contributed by atoms with Crippen molar-refractivity contribution in [1.82, 2.24) is 0 Å². The number of ether oxygens (including phenoxy) is 2. The van der Waals surface area contributed by atoms with Crippen LogP contribution >= 0.6 is 0 Å². The number of quaternary nitrogens is 1. The third-order valence-corrected chi connectivity index (χ3v) is 6.34. The minimum atomic E-state index is 0.353. The van der Waals surface area contributed by atoms with E-state index < -0.39 is 0 Å². The second-order valence-electron chi connectivity index (χ2n) is 8.50. The Kier molecular flexibility index (Phi) is 7.96. The summed E-state index contributed by atoms with van der Waals surface area (Å²) in [5.74, 6) is 1.86. The summed E-state index contributed by atoms with van der Waals surface area (Å²) in [7, 11) is 3.43. The molecule has 0 aliphatic carbocycles. The van der Waals surface area contributed by atoms with Gasteiger partial charge in [0.05, 0.1) is 46.4 Å². The fourth-order valence-corrected chi connectivity index (χ4v) is 4.71. The number of benzene rings is 2. The minimum absolute atomic E-state index is 0.353. The van der Waals surface area contributed by atoms with Gasteiger partial charge in [-0.05, 0) is 61.1 Å². The third-order valence-electron chi connectivity index (χ3n) is 6.34. The molecule has 1 heterocycles.